The van der Waals surface area contributed by atoms with Crippen LogP contribution in [-0.2, 0) is 7.05 Å². The highest BCUT2D eigenvalue weighted by Gasteiger charge is 2.19. The van der Waals surface area contributed by atoms with Gasteiger partial charge in [-0.15, -0.1) is 11.8 Å². The Morgan fingerprint density at radius 3 is 2.65 bits per heavy atom. The number of hydrogen-bond acceptors (Lipinski definition) is 4. The van der Waals surface area contributed by atoms with Gasteiger partial charge in [0.15, 0.2) is 5.75 Å². The van der Waals surface area contributed by atoms with Crippen LogP contribution in [0, 0.1) is 6.92 Å². The van der Waals surface area contributed by atoms with Gasteiger partial charge in [0.1, 0.15) is 0 Å². The topological polar surface area (TPSA) is 39.1 Å². The second-order valence-corrected chi connectivity index (χ2v) is 5.78. The molecule has 4 nitrogen and oxygen atoms in total. The molecule has 108 valence electrons. The highest BCUT2D eigenvalue weighted by atomic mass is 32.2. The fraction of sp³-hybridized carbons (Fsp3) is 0.400. The summed E-state index contributed by atoms with van der Waals surface area (Å²) in [5, 5.41) is 7.61. The minimum Gasteiger partial charge on any atom is -0.493 e. The van der Waals surface area contributed by atoms with Gasteiger partial charge in [-0.25, -0.2) is 0 Å². The van der Waals surface area contributed by atoms with Crippen LogP contribution in [0.15, 0.2) is 35.4 Å². The van der Waals surface area contributed by atoms with Crippen molar-refractivity contribution in [2.75, 3.05) is 19.9 Å². The third-order valence-electron chi connectivity index (χ3n) is 3.29. The number of nitrogens with one attached hydrogen (secondary N) is 1. The molecule has 0 spiro atoms. The average molecular weight is 291 g/mol. The van der Waals surface area contributed by atoms with Crippen molar-refractivity contribution >= 4 is 11.8 Å². The van der Waals surface area contributed by atoms with Crippen LogP contribution in [0.3, 0.4) is 0 Å². The molecule has 5 heteroatoms. The van der Waals surface area contributed by atoms with E-state index in [2.05, 4.69) is 41.6 Å². The molecule has 0 aliphatic rings. The standard InChI is InChI=1S/C15H21N3OS/c1-11-5-7-12(8-6-11)20-10-13(16-2)15-14(19-4)9-17-18(15)3/h5-9,13,16H,10H2,1-4H3. The Kier molecular flexibility index (Phi) is 5.09. The zero-order valence-electron chi connectivity index (χ0n) is 12.4. The number of aromatic nitrogens is 2. The molecule has 1 heterocycles. The first-order valence-corrected chi connectivity index (χ1v) is 7.57. The Balaban J connectivity index is 2.09. The van der Waals surface area contributed by atoms with Gasteiger partial charge >= 0.3 is 0 Å². The maximum absolute atomic E-state index is 5.38. The van der Waals surface area contributed by atoms with E-state index in [-0.39, 0.29) is 6.04 Å². The molecule has 1 aromatic heterocycles. The number of nitrogens with zero attached hydrogens (tertiary/aromatic N) is 2. The smallest absolute Gasteiger partial charge is 0.161 e. The predicted octanol–water partition coefficient (Wildman–Crippen LogP) is 2.79. The van der Waals surface area contributed by atoms with Gasteiger partial charge in [0.2, 0.25) is 0 Å². The van der Waals surface area contributed by atoms with Gasteiger partial charge in [0, 0.05) is 17.7 Å². The zero-order chi connectivity index (χ0) is 14.5. The van der Waals surface area contributed by atoms with E-state index in [9.17, 15) is 0 Å². The summed E-state index contributed by atoms with van der Waals surface area (Å²) < 4.78 is 7.25. The van der Waals surface area contributed by atoms with Gasteiger partial charge < -0.3 is 10.1 Å². The number of ether oxygens (including phenoxy) is 1. The Bertz CT molecular complexity index is 551. The van der Waals surface area contributed by atoms with Gasteiger partial charge in [-0.05, 0) is 26.1 Å². The number of hydrogen-bond donors (Lipinski definition) is 1. The molecule has 1 atom stereocenters. The molecule has 1 unspecified atom stereocenters. The summed E-state index contributed by atoms with van der Waals surface area (Å²) in [5.41, 5.74) is 2.36. The summed E-state index contributed by atoms with van der Waals surface area (Å²) >= 11 is 1.83. The lowest BCUT2D eigenvalue weighted by Crippen LogP contribution is -2.22. The first-order valence-electron chi connectivity index (χ1n) is 6.58. The van der Waals surface area contributed by atoms with Gasteiger partial charge in [-0.2, -0.15) is 5.10 Å². The summed E-state index contributed by atoms with van der Waals surface area (Å²) in [6.45, 7) is 2.10. The van der Waals surface area contributed by atoms with Crippen molar-refractivity contribution in [1.82, 2.24) is 15.1 Å². The predicted molar refractivity (Wildman–Crippen MR) is 83.5 cm³/mol. The second kappa shape index (κ2) is 6.81. The first kappa shape index (κ1) is 14.9. The van der Waals surface area contributed by atoms with Crippen LogP contribution < -0.4 is 10.1 Å². The minimum atomic E-state index is 0.198. The van der Waals surface area contributed by atoms with E-state index in [4.69, 9.17) is 4.74 Å². The summed E-state index contributed by atoms with van der Waals surface area (Å²) in [4.78, 5) is 1.27. The van der Waals surface area contributed by atoms with Crippen molar-refractivity contribution in [2.24, 2.45) is 7.05 Å². The van der Waals surface area contributed by atoms with E-state index in [1.807, 2.05) is 30.5 Å². The molecule has 1 aromatic carbocycles. The highest BCUT2D eigenvalue weighted by molar-refractivity contribution is 7.99. The molecule has 0 fully saturated rings. The van der Waals surface area contributed by atoms with Crippen LogP contribution in [0.25, 0.3) is 0 Å². The second-order valence-electron chi connectivity index (χ2n) is 4.69. The van der Waals surface area contributed by atoms with Gasteiger partial charge in [-0.1, -0.05) is 17.7 Å². The zero-order valence-corrected chi connectivity index (χ0v) is 13.2. The van der Waals surface area contributed by atoms with Crippen molar-refractivity contribution in [3.05, 3.63) is 41.7 Å². The molecule has 2 aromatic rings. The molecule has 2 rings (SSSR count). The summed E-state index contributed by atoms with van der Waals surface area (Å²) in [6.07, 6.45) is 1.76. The maximum atomic E-state index is 5.38. The van der Waals surface area contributed by atoms with E-state index in [1.54, 1.807) is 13.3 Å². The third-order valence-corrected chi connectivity index (χ3v) is 4.39. The molecule has 1 N–H and O–H groups in total. The molecule has 0 radical (unpaired) electrons. The quantitative estimate of drug-likeness (QED) is 0.831. The maximum Gasteiger partial charge on any atom is 0.161 e. The van der Waals surface area contributed by atoms with Crippen LogP contribution >= 0.6 is 11.8 Å². The molecule has 0 saturated heterocycles. The lowest BCUT2D eigenvalue weighted by atomic mass is 10.2. The SMILES string of the molecule is CNC(CSc1ccc(C)cc1)c1c(OC)cnn1C. The first-order chi connectivity index (χ1) is 9.65. The molecule has 0 amide bonds. The number of thioether (sulfide) groups is 1. The molecular weight excluding hydrogens is 270 g/mol. The average Bonchev–Trinajstić information content (AvgIpc) is 2.83. The Morgan fingerprint density at radius 1 is 1.35 bits per heavy atom. The van der Waals surface area contributed by atoms with E-state index < -0.39 is 0 Å². The molecule has 0 saturated carbocycles. The molecule has 20 heavy (non-hydrogen) atoms. The molecule has 0 aliphatic heterocycles. The summed E-state index contributed by atoms with van der Waals surface area (Å²) in [6, 6.07) is 8.80. The summed E-state index contributed by atoms with van der Waals surface area (Å²) in [7, 11) is 5.59. The van der Waals surface area contributed by atoms with Crippen molar-refractivity contribution in [1.29, 1.82) is 0 Å². The Morgan fingerprint density at radius 2 is 2.05 bits per heavy atom. The van der Waals surface area contributed by atoms with Crippen LogP contribution in [0.5, 0.6) is 5.75 Å². The lowest BCUT2D eigenvalue weighted by Gasteiger charge is -2.17. The highest BCUT2D eigenvalue weighted by Crippen LogP contribution is 2.29. The molecule has 0 aliphatic carbocycles. The van der Waals surface area contributed by atoms with Crippen molar-refractivity contribution < 1.29 is 4.74 Å². The molecular formula is C15H21N3OS. The van der Waals surface area contributed by atoms with Crippen molar-refractivity contribution in [3.63, 3.8) is 0 Å². The van der Waals surface area contributed by atoms with E-state index in [1.165, 1.54) is 10.5 Å². The monoisotopic (exact) mass is 291 g/mol. The largest absolute Gasteiger partial charge is 0.493 e. The third kappa shape index (κ3) is 3.35. The Hall–Kier alpha value is -1.46. The Labute approximate surface area is 124 Å². The van der Waals surface area contributed by atoms with Crippen LogP contribution in [-0.4, -0.2) is 29.7 Å². The van der Waals surface area contributed by atoms with E-state index in [0.29, 0.717) is 0 Å². The van der Waals surface area contributed by atoms with Crippen molar-refractivity contribution in [3.8, 4) is 5.75 Å². The van der Waals surface area contributed by atoms with Crippen LogP contribution in [0.2, 0.25) is 0 Å². The normalized spacial score (nSPS) is 12.4. The van der Waals surface area contributed by atoms with Gasteiger partial charge in [0.05, 0.1) is 25.0 Å². The number of benzene rings is 1. The summed E-state index contributed by atoms with van der Waals surface area (Å²) in [5.74, 6) is 1.76. The van der Waals surface area contributed by atoms with Gasteiger partial charge in [-0.3, -0.25) is 4.68 Å². The fourth-order valence-electron chi connectivity index (χ4n) is 2.09. The lowest BCUT2D eigenvalue weighted by molar-refractivity contribution is 0.401. The number of aryl methyl sites for hydroxylation is 2. The van der Waals surface area contributed by atoms with Crippen LogP contribution in [0.1, 0.15) is 17.3 Å². The van der Waals surface area contributed by atoms with Crippen molar-refractivity contribution in [2.45, 2.75) is 17.9 Å². The number of methoxy groups -OCH3 is 1. The van der Waals surface area contributed by atoms with Gasteiger partial charge in [0.25, 0.3) is 0 Å². The van der Waals surface area contributed by atoms with E-state index >= 15 is 0 Å². The minimum absolute atomic E-state index is 0.198. The van der Waals surface area contributed by atoms with E-state index in [0.717, 1.165) is 17.2 Å². The van der Waals surface area contributed by atoms with Crippen LogP contribution in [0.4, 0.5) is 0 Å². The fourth-order valence-corrected chi connectivity index (χ4v) is 3.11. The number of rotatable bonds is 6. The molecule has 0 bridgehead atoms.